The summed E-state index contributed by atoms with van der Waals surface area (Å²) in [6, 6.07) is 3.71. The maximum atomic E-state index is 13.4. The molecule has 112 valence electrons. The molecule has 1 aromatic carbocycles. The van der Waals surface area contributed by atoms with Gasteiger partial charge in [0.15, 0.2) is 5.76 Å². The van der Waals surface area contributed by atoms with Gasteiger partial charge in [-0.05, 0) is 24.3 Å². The monoisotopic (exact) mass is 291 g/mol. The van der Waals surface area contributed by atoms with Crippen molar-refractivity contribution in [1.82, 2.24) is 4.90 Å². The molecule has 0 aliphatic heterocycles. The quantitative estimate of drug-likeness (QED) is 0.640. The second kappa shape index (κ2) is 6.60. The number of benzene rings is 1. The Balaban J connectivity index is 3.26. The lowest BCUT2D eigenvalue weighted by Gasteiger charge is -2.16. The molecule has 0 aliphatic rings. The first-order chi connectivity index (χ1) is 9.77. The van der Waals surface area contributed by atoms with Gasteiger partial charge in [0, 0.05) is 19.7 Å². The van der Waals surface area contributed by atoms with E-state index in [1.54, 1.807) is 14.1 Å². The maximum Gasteiger partial charge on any atom is 0.254 e. The molecule has 0 saturated carbocycles. The Morgan fingerprint density at radius 1 is 1.33 bits per heavy atom. The second-order valence-electron chi connectivity index (χ2n) is 4.44. The van der Waals surface area contributed by atoms with Crippen molar-refractivity contribution in [2.24, 2.45) is 11.5 Å². The molecule has 4 N–H and O–H groups in total. The molecule has 0 fully saturated rings. The topological polar surface area (TPSA) is 81.6 Å². The van der Waals surface area contributed by atoms with Gasteiger partial charge in [-0.1, -0.05) is 13.2 Å². The van der Waals surface area contributed by atoms with Gasteiger partial charge in [0.25, 0.3) is 5.91 Å². The minimum absolute atomic E-state index is 0.0444. The Bertz CT molecular complexity index is 617. The maximum absolute atomic E-state index is 13.4. The number of rotatable bonds is 5. The summed E-state index contributed by atoms with van der Waals surface area (Å²) in [6.45, 7) is 7.19. The number of allylic oxidation sites excluding steroid dienone is 1. The molecule has 0 unspecified atom stereocenters. The molecule has 0 aliphatic carbocycles. The number of hydrogen-bond donors (Lipinski definition) is 2. The van der Waals surface area contributed by atoms with Crippen LogP contribution in [0.2, 0.25) is 0 Å². The highest BCUT2D eigenvalue weighted by atomic mass is 19.1. The highest BCUT2D eigenvalue weighted by molar-refractivity contribution is 5.98. The van der Waals surface area contributed by atoms with E-state index in [0.717, 1.165) is 6.07 Å². The summed E-state index contributed by atoms with van der Waals surface area (Å²) in [5.41, 5.74) is 11.3. The van der Waals surface area contributed by atoms with Crippen LogP contribution in [-0.2, 0) is 4.74 Å². The van der Waals surface area contributed by atoms with Crippen LogP contribution in [0.5, 0.6) is 0 Å². The van der Waals surface area contributed by atoms with E-state index in [2.05, 4.69) is 13.2 Å². The van der Waals surface area contributed by atoms with Crippen LogP contribution < -0.4 is 11.5 Å². The number of carbonyl (C=O) groups excluding carboxylic acids is 1. The SMILES string of the molecule is C=CC(OC(=C)c1cc(F)ccc1C(=O)N(C)C)=C(N)N. The normalized spacial score (nSPS) is 9.67. The fourth-order valence-electron chi connectivity index (χ4n) is 1.58. The molecule has 5 nitrogen and oxygen atoms in total. The Morgan fingerprint density at radius 3 is 2.43 bits per heavy atom. The van der Waals surface area contributed by atoms with Gasteiger partial charge < -0.3 is 21.1 Å². The molecule has 0 atom stereocenters. The van der Waals surface area contributed by atoms with Crippen LogP contribution in [0.3, 0.4) is 0 Å². The Kier molecular flexibility index (Phi) is 5.12. The summed E-state index contributed by atoms with van der Waals surface area (Å²) in [4.78, 5) is 13.5. The van der Waals surface area contributed by atoms with Gasteiger partial charge in [0.1, 0.15) is 17.4 Å². The van der Waals surface area contributed by atoms with Crippen LogP contribution >= 0.6 is 0 Å². The lowest BCUT2D eigenvalue weighted by Crippen LogP contribution is -2.23. The van der Waals surface area contributed by atoms with Crippen molar-refractivity contribution in [3.63, 3.8) is 0 Å². The van der Waals surface area contributed by atoms with Crippen molar-refractivity contribution in [2.45, 2.75) is 0 Å². The fraction of sp³-hybridized carbons (Fsp3) is 0.133. The van der Waals surface area contributed by atoms with Crippen molar-refractivity contribution in [1.29, 1.82) is 0 Å². The van der Waals surface area contributed by atoms with Gasteiger partial charge in [-0.25, -0.2) is 4.39 Å². The van der Waals surface area contributed by atoms with E-state index in [4.69, 9.17) is 16.2 Å². The summed E-state index contributed by atoms with van der Waals surface area (Å²) in [7, 11) is 3.18. The highest BCUT2D eigenvalue weighted by Gasteiger charge is 2.17. The van der Waals surface area contributed by atoms with Crippen molar-refractivity contribution >= 4 is 11.7 Å². The summed E-state index contributed by atoms with van der Waals surface area (Å²) in [6.07, 6.45) is 1.30. The second-order valence-corrected chi connectivity index (χ2v) is 4.44. The number of hydrogen-bond acceptors (Lipinski definition) is 4. The van der Waals surface area contributed by atoms with Gasteiger partial charge >= 0.3 is 0 Å². The standard InChI is InChI=1S/C15H18FN3O2/c1-5-13(14(17)18)21-9(2)12-8-10(16)6-7-11(12)15(20)19(3)4/h5-8H,1-2,17-18H2,3-4H3. The van der Waals surface area contributed by atoms with E-state index in [-0.39, 0.29) is 34.4 Å². The van der Waals surface area contributed by atoms with Crippen molar-refractivity contribution in [3.05, 3.63) is 66.0 Å². The van der Waals surface area contributed by atoms with E-state index in [9.17, 15) is 9.18 Å². The molecular weight excluding hydrogens is 273 g/mol. The average Bonchev–Trinajstić information content (AvgIpc) is 2.43. The molecule has 6 heteroatoms. The lowest BCUT2D eigenvalue weighted by molar-refractivity contribution is 0.0827. The molecule has 21 heavy (non-hydrogen) atoms. The minimum atomic E-state index is -0.519. The third kappa shape index (κ3) is 3.85. The van der Waals surface area contributed by atoms with E-state index in [1.165, 1.54) is 23.1 Å². The number of nitrogens with zero attached hydrogens (tertiary/aromatic N) is 1. The molecule has 0 bridgehead atoms. The zero-order valence-electron chi connectivity index (χ0n) is 12.0. The molecule has 0 spiro atoms. The Morgan fingerprint density at radius 2 is 1.95 bits per heavy atom. The number of nitrogens with two attached hydrogens (primary N) is 2. The zero-order valence-corrected chi connectivity index (χ0v) is 12.0. The number of amides is 1. The van der Waals surface area contributed by atoms with Crippen molar-refractivity contribution in [2.75, 3.05) is 14.1 Å². The van der Waals surface area contributed by atoms with Gasteiger partial charge in [-0.2, -0.15) is 0 Å². The van der Waals surface area contributed by atoms with E-state index in [1.807, 2.05) is 0 Å². The molecule has 0 radical (unpaired) electrons. The summed E-state index contributed by atoms with van der Waals surface area (Å²) in [5, 5.41) is 0. The van der Waals surface area contributed by atoms with Gasteiger partial charge in [-0.15, -0.1) is 0 Å². The predicted octanol–water partition coefficient (Wildman–Crippen LogP) is 1.79. The molecule has 0 aromatic heterocycles. The Hall–Kier alpha value is -2.76. The molecule has 1 aromatic rings. The highest BCUT2D eigenvalue weighted by Crippen LogP contribution is 2.24. The first-order valence-electron chi connectivity index (χ1n) is 6.04. The summed E-state index contributed by atoms with van der Waals surface area (Å²) >= 11 is 0. The van der Waals surface area contributed by atoms with Crippen molar-refractivity contribution < 1.29 is 13.9 Å². The zero-order chi connectivity index (χ0) is 16.2. The van der Waals surface area contributed by atoms with Crippen molar-refractivity contribution in [3.8, 4) is 0 Å². The summed E-state index contributed by atoms with van der Waals surface area (Å²) in [5.74, 6) is -0.784. The smallest absolute Gasteiger partial charge is 0.254 e. The lowest BCUT2D eigenvalue weighted by atomic mass is 10.0. The van der Waals surface area contributed by atoms with Gasteiger partial charge in [-0.3, -0.25) is 4.79 Å². The first-order valence-corrected chi connectivity index (χ1v) is 6.04. The average molecular weight is 291 g/mol. The summed E-state index contributed by atoms with van der Waals surface area (Å²) < 4.78 is 18.8. The molecule has 1 amide bonds. The van der Waals surface area contributed by atoms with Crippen LogP contribution in [0.1, 0.15) is 15.9 Å². The molecule has 1 rings (SSSR count). The van der Waals surface area contributed by atoms with E-state index >= 15 is 0 Å². The minimum Gasteiger partial charge on any atom is -0.454 e. The fourth-order valence-corrected chi connectivity index (χ4v) is 1.58. The predicted molar refractivity (Wildman–Crippen MR) is 80.1 cm³/mol. The van der Waals surface area contributed by atoms with Crippen LogP contribution in [0.15, 0.2) is 49.0 Å². The molecule has 0 saturated heterocycles. The van der Waals surface area contributed by atoms with Crippen LogP contribution in [-0.4, -0.2) is 24.9 Å². The van der Waals surface area contributed by atoms with E-state index < -0.39 is 5.82 Å². The first kappa shape index (κ1) is 16.3. The van der Waals surface area contributed by atoms with Gasteiger partial charge in [0.05, 0.1) is 5.56 Å². The largest absolute Gasteiger partial charge is 0.454 e. The molecular formula is C15H18FN3O2. The Labute approximate surface area is 123 Å². The van der Waals surface area contributed by atoms with Crippen LogP contribution in [0.4, 0.5) is 4.39 Å². The third-order valence-electron chi connectivity index (χ3n) is 2.62. The molecule has 0 heterocycles. The number of carbonyl (C=O) groups is 1. The number of halogens is 1. The van der Waals surface area contributed by atoms with E-state index in [0.29, 0.717) is 0 Å². The number of ether oxygens (including phenoxy) is 1. The van der Waals surface area contributed by atoms with Crippen LogP contribution in [0.25, 0.3) is 5.76 Å². The third-order valence-corrected chi connectivity index (χ3v) is 2.62. The van der Waals surface area contributed by atoms with Gasteiger partial charge in [0.2, 0.25) is 0 Å². The van der Waals surface area contributed by atoms with Crippen LogP contribution in [0, 0.1) is 5.82 Å².